The summed E-state index contributed by atoms with van der Waals surface area (Å²) in [6.45, 7) is 2.49. The zero-order chi connectivity index (χ0) is 16.8. The Labute approximate surface area is 144 Å². The van der Waals surface area contributed by atoms with Gasteiger partial charge in [0.1, 0.15) is 5.82 Å². The first-order chi connectivity index (χ1) is 11.7. The monoisotopic (exact) mass is 341 g/mol. The van der Waals surface area contributed by atoms with E-state index in [1.807, 2.05) is 18.2 Å². The van der Waals surface area contributed by atoms with Crippen LogP contribution in [0.15, 0.2) is 48.1 Å². The van der Waals surface area contributed by atoms with Gasteiger partial charge in [-0.15, -0.1) is 5.10 Å². The number of H-pyrrole nitrogens is 1. The molecule has 0 saturated heterocycles. The summed E-state index contributed by atoms with van der Waals surface area (Å²) in [6.07, 6.45) is 5.24. The number of benzene rings is 1. The van der Waals surface area contributed by atoms with Crippen molar-refractivity contribution in [2.24, 2.45) is 0 Å². The fraction of sp³-hybridized carbons (Fsp3) is 0.294. The molecule has 3 aromatic rings. The van der Waals surface area contributed by atoms with Gasteiger partial charge in [-0.05, 0) is 36.9 Å². The lowest BCUT2D eigenvalue weighted by Gasteiger charge is -2.28. The van der Waals surface area contributed by atoms with E-state index in [9.17, 15) is 4.79 Å². The van der Waals surface area contributed by atoms with Crippen LogP contribution >= 0.6 is 11.5 Å². The van der Waals surface area contributed by atoms with Gasteiger partial charge in [0.2, 0.25) is 0 Å². The second-order valence-electron chi connectivity index (χ2n) is 5.63. The van der Waals surface area contributed by atoms with Crippen LogP contribution < -0.4 is 0 Å². The molecule has 1 atom stereocenters. The van der Waals surface area contributed by atoms with E-state index in [2.05, 4.69) is 38.6 Å². The maximum Gasteiger partial charge on any atom is 0.275 e. The van der Waals surface area contributed by atoms with Crippen LogP contribution in [0.1, 0.15) is 35.2 Å². The van der Waals surface area contributed by atoms with Crippen LogP contribution in [0, 0.1) is 0 Å². The predicted octanol–water partition coefficient (Wildman–Crippen LogP) is 2.92. The van der Waals surface area contributed by atoms with Gasteiger partial charge in [-0.3, -0.25) is 4.79 Å². The summed E-state index contributed by atoms with van der Waals surface area (Å²) in [7, 11) is 0. The number of nitrogens with zero attached hydrogens (tertiary/aromatic N) is 4. The highest BCUT2D eigenvalue weighted by Crippen LogP contribution is 2.15. The van der Waals surface area contributed by atoms with Gasteiger partial charge < -0.3 is 9.88 Å². The lowest BCUT2D eigenvalue weighted by atomic mass is 10.0. The number of nitrogens with one attached hydrogen (secondary N) is 1. The van der Waals surface area contributed by atoms with Crippen molar-refractivity contribution in [3.8, 4) is 0 Å². The Morgan fingerprint density at radius 2 is 2.17 bits per heavy atom. The van der Waals surface area contributed by atoms with Gasteiger partial charge in [-0.25, -0.2) is 4.98 Å². The molecule has 0 aliphatic rings. The van der Waals surface area contributed by atoms with E-state index in [1.54, 1.807) is 22.7 Å². The van der Waals surface area contributed by atoms with Crippen LogP contribution in [0.4, 0.5) is 0 Å². The zero-order valence-corrected chi connectivity index (χ0v) is 14.2. The van der Waals surface area contributed by atoms with E-state index < -0.39 is 0 Å². The Morgan fingerprint density at radius 3 is 2.83 bits per heavy atom. The summed E-state index contributed by atoms with van der Waals surface area (Å²) in [5, 5.41) is 5.60. The van der Waals surface area contributed by atoms with Gasteiger partial charge in [0, 0.05) is 23.8 Å². The van der Waals surface area contributed by atoms with Crippen LogP contribution in [-0.4, -0.2) is 36.4 Å². The Morgan fingerprint density at radius 1 is 1.33 bits per heavy atom. The molecule has 124 valence electrons. The molecule has 0 unspecified atom stereocenters. The number of hydrogen-bond donors (Lipinski definition) is 1. The van der Waals surface area contributed by atoms with Gasteiger partial charge in [0.25, 0.3) is 5.91 Å². The number of carbonyl (C=O) groups is 1. The third-order valence-corrected chi connectivity index (χ3v) is 4.45. The van der Waals surface area contributed by atoms with Crippen LogP contribution in [0.2, 0.25) is 0 Å². The summed E-state index contributed by atoms with van der Waals surface area (Å²) in [5.41, 5.74) is 1.66. The van der Waals surface area contributed by atoms with Crippen molar-refractivity contribution in [2.45, 2.75) is 32.4 Å². The minimum atomic E-state index is -0.110. The SMILES string of the molecule is C[C@@H](CCc1ccccc1)N(Cc1ncc[nH]1)C(=O)c1csnn1. The summed E-state index contributed by atoms with van der Waals surface area (Å²) in [5.74, 6) is 0.652. The third kappa shape index (κ3) is 4.05. The molecule has 24 heavy (non-hydrogen) atoms. The minimum absolute atomic E-state index is 0.0597. The minimum Gasteiger partial charge on any atom is -0.347 e. The van der Waals surface area contributed by atoms with Gasteiger partial charge in [-0.1, -0.05) is 34.8 Å². The van der Waals surface area contributed by atoms with Crippen molar-refractivity contribution in [3.05, 3.63) is 65.2 Å². The zero-order valence-electron chi connectivity index (χ0n) is 13.4. The topological polar surface area (TPSA) is 74.8 Å². The standard InChI is InChI=1S/C17H19N5OS/c1-13(7-8-14-5-3-2-4-6-14)22(11-16-18-9-10-19-16)17(23)15-12-24-21-20-15/h2-6,9-10,12-13H,7-8,11H2,1H3,(H,18,19)/t13-/m0/s1. The number of amides is 1. The maximum absolute atomic E-state index is 12.8. The lowest BCUT2D eigenvalue weighted by Crippen LogP contribution is -2.39. The van der Waals surface area contributed by atoms with Crippen molar-refractivity contribution in [1.29, 1.82) is 0 Å². The summed E-state index contributed by atoms with van der Waals surface area (Å²) in [4.78, 5) is 21.9. The third-order valence-electron chi connectivity index (χ3n) is 3.94. The first kappa shape index (κ1) is 16.3. The average Bonchev–Trinajstić information content (AvgIpc) is 3.31. The fourth-order valence-electron chi connectivity index (χ4n) is 2.55. The van der Waals surface area contributed by atoms with Crippen molar-refractivity contribution in [1.82, 2.24) is 24.5 Å². The highest BCUT2D eigenvalue weighted by atomic mass is 32.1. The van der Waals surface area contributed by atoms with E-state index in [4.69, 9.17) is 0 Å². The first-order valence-corrected chi connectivity index (χ1v) is 8.68. The summed E-state index contributed by atoms with van der Waals surface area (Å²) in [6, 6.07) is 10.4. The molecular weight excluding hydrogens is 322 g/mol. The fourth-order valence-corrected chi connectivity index (χ4v) is 2.98. The molecular formula is C17H19N5OS. The van der Waals surface area contributed by atoms with Crippen LogP contribution in [0.5, 0.6) is 0 Å². The smallest absolute Gasteiger partial charge is 0.275 e. The molecule has 1 aromatic carbocycles. The predicted molar refractivity (Wildman–Crippen MR) is 92.6 cm³/mol. The number of carbonyl (C=O) groups excluding carboxylic acids is 1. The van der Waals surface area contributed by atoms with E-state index in [0.29, 0.717) is 12.2 Å². The van der Waals surface area contributed by atoms with Gasteiger partial charge in [0.05, 0.1) is 6.54 Å². The molecule has 0 aliphatic carbocycles. The number of aryl methyl sites for hydroxylation is 1. The van der Waals surface area contributed by atoms with E-state index >= 15 is 0 Å². The molecule has 6 nitrogen and oxygen atoms in total. The van der Waals surface area contributed by atoms with E-state index in [1.165, 1.54) is 17.1 Å². The number of rotatable bonds is 7. The molecule has 0 saturated carbocycles. The number of aromatic amines is 1. The molecule has 7 heteroatoms. The second kappa shape index (κ2) is 7.83. The van der Waals surface area contributed by atoms with Crippen molar-refractivity contribution < 1.29 is 4.79 Å². The molecule has 2 heterocycles. The molecule has 0 spiro atoms. The summed E-state index contributed by atoms with van der Waals surface area (Å²) < 4.78 is 3.80. The highest BCUT2D eigenvalue weighted by molar-refractivity contribution is 7.03. The van der Waals surface area contributed by atoms with Crippen LogP contribution in [-0.2, 0) is 13.0 Å². The molecule has 0 fully saturated rings. The van der Waals surface area contributed by atoms with Crippen LogP contribution in [0.3, 0.4) is 0 Å². The average molecular weight is 341 g/mol. The normalized spacial score (nSPS) is 12.0. The molecule has 1 amide bonds. The molecule has 3 rings (SSSR count). The second-order valence-corrected chi connectivity index (χ2v) is 6.24. The molecule has 0 aliphatic heterocycles. The summed E-state index contributed by atoms with van der Waals surface area (Å²) >= 11 is 1.18. The Kier molecular flexibility index (Phi) is 5.32. The van der Waals surface area contributed by atoms with Crippen LogP contribution in [0.25, 0.3) is 0 Å². The lowest BCUT2D eigenvalue weighted by molar-refractivity contribution is 0.0656. The maximum atomic E-state index is 12.8. The van der Waals surface area contributed by atoms with Gasteiger partial charge >= 0.3 is 0 Å². The van der Waals surface area contributed by atoms with Crippen molar-refractivity contribution in [3.63, 3.8) is 0 Å². The number of hydrogen-bond acceptors (Lipinski definition) is 5. The molecule has 1 N–H and O–H groups in total. The first-order valence-electron chi connectivity index (χ1n) is 7.84. The number of imidazole rings is 1. The Hall–Kier alpha value is -2.54. The molecule has 0 bridgehead atoms. The quantitative estimate of drug-likeness (QED) is 0.717. The Bertz CT molecular complexity index is 743. The van der Waals surface area contributed by atoms with E-state index in [0.717, 1.165) is 18.7 Å². The van der Waals surface area contributed by atoms with Crippen molar-refractivity contribution >= 4 is 17.4 Å². The van der Waals surface area contributed by atoms with Crippen molar-refractivity contribution in [2.75, 3.05) is 0 Å². The number of aromatic nitrogens is 4. The van der Waals surface area contributed by atoms with Gasteiger partial charge in [-0.2, -0.15) is 0 Å². The Balaban J connectivity index is 1.71. The molecule has 2 aromatic heterocycles. The highest BCUT2D eigenvalue weighted by Gasteiger charge is 2.24. The largest absolute Gasteiger partial charge is 0.347 e. The van der Waals surface area contributed by atoms with Gasteiger partial charge in [0.15, 0.2) is 5.69 Å². The van der Waals surface area contributed by atoms with E-state index in [-0.39, 0.29) is 11.9 Å². The molecule has 0 radical (unpaired) electrons.